The Morgan fingerprint density at radius 1 is 1.14 bits per heavy atom. The van der Waals surface area contributed by atoms with Crippen LogP contribution in [-0.2, 0) is 4.79 Å². The molecule has 1 N–H and O–H groups in total. The Kier molecular flexibility index (Phi) is 4.50. The van der Waals surface area contributed by atoms with Crippen LogP contribution in [0.15, 0.2) is 12.4 Å². The molecule has 7 nitrogen and oxygen atoms in total. The van der Waals surface area contributed by atoms with Crippen LogP contribution in [0.4, 0.5) is 5.82 Å². The maximum atomic E-state index is 12.3. The van der Waals surface area contributed by atoms with Gasteiger partial charge in [0.1, 0.15) is 11.5 Å². The largest absolute Gasteiger partial charge is 0.366 e. The van der Waals surface area contributed by atoms with Gasteiger partial charge in [-0.1, -0.05) is 12.8 Å². The lowest BCUT2D eigenvalue weighted by molar-refractivity contribution is -0.119. The third-order valence-electron chi connectivity index (χ3n) is 4.33. The van der Waals surface area contributed by atoms with Gasteiger partial charge in [-0.15, -0.1) is 0 Å². The van der Waals surface area contributed by atoms with Crippen LogP contribution in [0.25, 0.3) is 0 Å². The van der Waals surface area contributed by atoms with Gasteiger partial charge >= 0.3 is 0 Å². The van der Waals surface area contributed by atoms with E-state index in [0.717, 1.165) is 12.2 Å². The molecule has 1 aromatic rings. The summed E-state index contributed by atoms with van der Waals surface area (Å²) in [4.78, 5) is 35.0. The highest BCUT2D eigenvalue weighted by Crippen LogP contribution is 2.21. The molecule has 1 saturated carbocycles. The average molecular weight is 303 g/mol. The Morgan fingerprint density at radius 3 is 2.45 bits per heavy atom. The summed E-state index contributed by atoms with van der Waals surface area (Å²) in [7, 11) is 0. The van der Waals surface area contributed by atoms with Crippen LogP contribution in [0, 0.1) is 0 Å². The Balaban J connectivity index is 1.57. The number of anilines is 1. The van der Waals surface area contributed by atoms with Crippen LogP contribution in [0.2, 0.25) is 0 Å². The number of nitrogens with one attached hydrogen (secondary N) is 1. The van der Waals surface area contributed by atoms with E-state index in [1.165, 1.54) is 31.9 Å². The molecule has 22 heavy (non-hydrogen) atoms. The van der Waals surface area contributed by atoms with Gasteiger partial charge in [0.25, 0.3) is 5.91 Å². The van der Waals surface area contributed by atoms with Gasteiger partial charge in [0.05, 0.1) is 12.4 Å². The zero-order valence-electron chi connectivity index (χ0n) is 12.6. The number of piperazine rings is 1. The summed E-state index contributed by atoms with van der Waals surface area (Å²) in [6, 6.07) is 0.479. The van der Waals surface area contributed by atoms with Gasteiger partial charge in [-0.05, 0) is 12.8 Å². The maximum absolute atomic E-state index is 12.3. The van der Waals surface area contributed by atoms with E-state index in [1.54, 1.807) is 16.0 Å². The van der Waals surface area contributed by atoms with Crippen LogP contribution >= 0.6 is 0 Å². The normalized spacial score (nSPS) is 19.3. The molecule has 1 aliphatic carbocycles. The monoisotopic (exact) mass is 303 g/mol. The molecule has 2 aliphatic rings. The van der Waals surface area contributed by atoms with Crippen LogP contribution in [0.5, 0.6) is 0 Å². The zero-order valence-corrected chi connectivity index (χ0v) is 12.6. The quantitative estimate of drug-likeness (QED) is 0.830. The van der Waals surface area contributed by atoms with Crippen LogP contribution < -0.4 is 5.32 Å². The molecule has 0 spiro atoms. The average Bonchev–Trinajstić information content (AvgIpc) is 3.08. The molecule has 0 unspecified atom stereocenters. The van der Waals surface area contributed by atoms with Crippen molar-refractivity contribution in [3.05, 3.63) is 18.1 Å². The fraction of sp³-hybridized carbons (Fsp3) is 0.600. The number of hydrogen-bond donors (Lipinski definition) is 1. The van der Waals surface area contributed by atoms with Crippen molar-refractivity contribution >= 4 is 18.1 Å². The Labute approximate surface area is 129 Å². The van der Waals surface area contributed by atoms with E-state index < -0.39 is 0 Å². The molecular formula is C15H21N5O2. The summed E-state index contributed by atoms with van der Waals surface area (Å²) in [5.74, 6) is 0.611. The number of aromatic nitrogens is 2. The molecule has 0 radical (unpaired) electrons. The molecule has 1 aromatic heterocycles. The number of rotatable bonds is 4. The van der Waals surface area contributed by atoms with Crippen molar-refractivity contribution in [2.45, 2.75) is 31.7 Å². The first-order chi connectivity index (χ1) is 10.8. The van der Waals surface area contributed by atoms with E-state index in [0.29, 0.717) is 37.9 Å². The number of carbonyl (C=O) groups is 2. The Bertz CT molecular complexity index is 519. The fourth-order valence-electron chi connectivity index (χ4n) is 2.98. The molecule has 2 amide bonds. The van der Waals surface area contributed by atoms with Gasteiger partial charge in [0.2, 0.25) is 6.41 Å². The first-order valence-corrected chi connectivity index (χ1v) is 7.83. The highest BCUT2D eigenvalue weighted by Gasteiger charge is 2.22. The molecule has 118 valence electrons. The van der Waals surface area contributed by atoms with Crippen molar-refractivity contribution in [2.24, 2.45) is 0 Å². The molecule has 2 heterocycles. The number of carbonyl (C=O) groups excluding carboxylic acids is 2. The number of hydrogen-bond acceptors (Lipinski definition) is 5. The first kappa shape index (κ1) is 14.7. The Morgan fingerprint density at radius 2 is 1.86 bits per heavy atom. The topological polar surface area (TPSA) is 78.4 Å². The number of amides is 2. The van der Waals surface area contributed by atoms with Gasteiger partial charge in [-0.2, -0.15) is 0 Å². The lowest BCUT2D eigenvalue weighted by Crippen LogP contribution is -2.48. The van der Waals surface area contributed by atoms with Crippen molar-refractivity contribution in [3.8, 4) is 0 Å². The van der Waals surface area contributed by atoms with Gasteiger partial charge < -0.3 is 15.1 Å². The molecular weight excluding hydrogens is 282 g/mol. The van der Waals surface area contributed by atoms with Gasteiger partial charge in [-0.3, -0.25) is 9.59 Å². The van der Waals surface area contributed by atoms with Gasteiger partial charge in [0.15, 0.2) is 0 Å². The minimum absolute atomic E-state index is 0.120. The third-order valence-corrected chi connectivity index (χ3v) is 4.33. The highest BCUT2D eigenvalue weighted by molar-refractivity contribution is 5.92. The van der Waals surface area contributed by atoms with Crippen molar-refractivity contribution in [1.82, 2.24) is 19.8 Å². The van der Waals surface area contributed by atoms with Gasteiger partial charge in [-0.25, -0.2) is 9.97 Å². The van der Waals surface area contributed by atoms with E-state index in [9.17, 15) is 9.59 Å². The molecule has 0 atom stereocenters. The molecule has 1 saturated heterocycles. The fourth-order valence-corrected chi connectivity index (χ4v) is 2.98. The predicted octanol–water partition coefficient (Wildman–Crippen LogP) is 0.745. The second-order valence-corrected chi connectivity index (χ2v) is 5.85. The molecule has 0 aromatic carbocycles. The molecule has 3 rings (SSSR count). The van der Waals surface area contributed by atoms with Crippen molar-refractivity contribution in [1.29, 1.82) is 0 Å². The lowest BCUT2D eigenvalue weighted by Gasteiger charge is -2.32. The number of nitrogens with zero attached hydrogens (tertiary/aromatic N) is 4. The molecule has 0 bridgehead atoms. The molecule has 7 heteroatoms. The van der Waals surface area contributed by atoms with E-state index >= 15 is 0 Å². The standard InChI is InChI=1S/C15H21N5O2/c21-11-19-5-7-20(8-6-19)15(22)13-9-17-14(10-16-13)18-12-3-1-2-4-12/h9-12H,1-8H2,(H,17,18). The van der Waals surface area contributed by atoms with E-state index in [4.69, 9.17) is 0 Å². The van der Waals surface area contributed by atoms with Crippen LogP contribution in [-0.4, -0.2) is 64.3 Å². The van der Waals surface area contributed by atoms with Crippen molar-refractivity contribution in [3.63, 3.8) is 0 Å². The van der Waals surface area contributed by atoms with E-state index in [-0.39, 0.29) is 5.91 Å². The minimum atomic E-state index is -0.120. The summed E-state index contributed by atoms with van der Waals surface area (Å²) in [6.07, 6.45) is 8.85. The predicted molar refractivity (Wildman–Crippen MR) is 81.5 cm³/mol. The summed E-state index contributed by atoms with van der Waals surface area (Å²) in [5, 5.41) is 3.36. The third kappa shape index (κ3) is 3.35. The molecule has 1 aliphatic heterocycles. The van der Waals surface area contributed by atoms with E-state index in [2.05, 4.69) is 15.3 Å². The highest BCUT2D eigenvalue weighted by atomic mass is 16.2. The summed E-state index contributed by atoms with van der Waals surface area (Å²) >= 11 is 0. The summed E-state index contributed by atoms with van der Waals surface area (Å²) in [6.45, 7) is 2.23. The maximum Gasteiger partial charge on any atom is 0.274 e. The summed E-state index contributed by atoms with van der Waals surface area (Å²) < 4.78 is 0. The molecule has 2 fully saturated rings. The van der Waals surface area contributed by atoms with Gasteiger partial charge in [0, 0.05) is 32.2 Å². The van der Waals surface area contributed by atoms with E-state index in [1.807, 2.05) is 0 Å². The lowest BCUT2D eigenvalue weighted by atomic mass is 10.2. The van der Waals surface area contributed by atoms with Crippen LogP contribution in [0.1, 0.15) is 36.2 Å². The zero-order chi connectivity index (χ0) is 15.4. The second-order valence-electron chi connectivity index (χ2n) is 5.85. The summed E-state index contributed by atoms with van der Waals surface area (Å²) in [5.41, 5.74) is 0.358. The SMILES string of the molecule is O=CN1CCN(C(=O)c2cnc(NC3CCCC3)cn2)CC1. The Hall–Kier alpha value is -2.18. The first-order valence-electron chi connectivity index (χ1n) is 7.83. The van der Waals surface area contributed by atoms with Crippen LogP contribution in [0.3, 0.4) is 0 Å². The smallest absolute Gasteiger partial charge is 0.274 e. The van der Waals surface area contributed by atoms with Crippen molar-refractivity contribution in [2.75, 3.05) is 31.5 Å². The second kappa shape index (κ2) is 6.72. The minimum Gasteiger partial charge on any atom is -0.366 e. The van der Waals surface area contributed by atoms with Crippen molar-refractivity contribution < 1.29 is 9.59 Å².